The zero-order valence-electron chi connectivity index (χ0n) is 33.3. The highest BCUT2D eigenvalue weighted by molar-refractivity contribution is 6.14. The summed E-state index contributed by atoms with van der Waals surface area (Å²) in [6.07, 6.45) is 0. The largest absolute Gasteiger partial charge is 0.456 e. The Labute approximate surface area is 297 Å². The number of aromatic nitrogens is 4. The molecule has 0 fully saturated rings. The number of para-hydroxylation sites is 1. The molecule has 234 valence electrons. The maximum Gasteiger partial charge on any atom is 0.164 e. The molecule has 10 rings (SSSR count). The standard InChI is InChI=1S/C45H28N4O/c1-4-13-29(14-5-1)34-20-12-22-40-42(34)37-26-24-33(28-41(37)50-40)49-38-21-11-10-19-35(38)36-25-23-32(27-39(36)49)45-47-43(30-15-6-2-7-16-30)46-44(48-45)31-17-8-3-9-18-31/h1-28H/i10D,11D,19D,21D,23D,25D,27D. The predicted molar refractivity (Wildman–Crippen MR) is 203 cm³/mol. The zero-order chi connectivity index (χ0) is 39.1. The lowest BCUT2D eigenvalue weighted by Gasteiger charge is -2.10. The summed E-state index contributed by atoms with van der Waals surface area (Å²) in [5.41, 5.74) is 5.17. The van der Waals surface area contributed by atoms with Crippen LogP contribution in [0.25, 0.3) is 94.7 Å². The van der Waals surface area contributed by atoms with Gasteiger partial charge in [-0.2, -0.15) is 0 Å². The van der Waals surface area contributed by atoms with Gasteiger partial charge in [0.05, 0.1) is 20.6 Å². The average Bonchev–Trinajstić information content (AvgIpc) is 3.82. The van der Waals surface area contributed by atoms with Crippen molar-refractivity contribution < 1.29 is 14.0 Å². The quantitative estimate of drug-likeness (QED) is 0.186. The highest BCUT2D eigenvalue weighted by Gasteiger charge is 2.18. The van der Waals surface area contributed by atoms with Crippen molar-refractivity contribution in [2.75, 3.05) is 0 Å². The van der Waals surface area contributed by atoms with Crippen LogP contribution < -0.4 is 0 Å². The van der Waals surface area contributed by atoms with Crippen molar-refractivity contribution in [1.29, 1.82) is 0 Å². The molecule has 0 aliphatic heterocycles. The fourth-order valence-electron chi connectivity index (χ4n) is 6.61. The highest BCUT2D eigenvalue weighted by atomic mass is 16.3. The van der Waals surface area contributed by atoms with Crippen LogP contribution in [-0.4, -0.2) is 19.5 Å². The third-order valence-electron chi connectivity index (χ3n) is 8.90. The van der Waals surface area contributed by atoms with Gasteiger partial charge in [0, 0.05) is 50.0 Å². The van der Waals surface area contributed by atoms with Crippen molar-refractivity contribution in [2.45, 2.75) is 0 Å². The van der Waals surface area contributed by atoms with Gasteiger partial charge in [-0.3, -0.25) is 0 Å². The van der Waals surface area contributed by atoms with Crippen LogP contribution in [0.3, 0.4) is 0 Å². The third kappa shape index (κ3) is 4.60. The van der Waals surface area contributed by atoms with E-state index in [1.54, 1.807) is 10.6 Å². The van der Waals surface area contributed by atoms with Crippen LogP contribution in [0.1, 0.15) is 9.60 Å². The lowest BCUT2D eigenvalue weighted by molar-refractivity contribution is 0.668. The summed E-state index contributed by atoms with van der Waals surface area (Å²) >= 11 is 0. The number of hydrogen-bond donors (Lipinski definition) is 0. The van der Waals surface area contributed by atoms with E-state index in [4.69, 9.17) is 24.9 Å². The van der Waals surface area contributed by atoms with Gasteiger partial charge >= 0.3 is 0 Å². The van der Waals surface area contributed by atoms with E-state index in [1.165, 1.54) is 0 Å². The number of benzene rings is 7. The van der Waals surface area contributed by atoms with E-state index in [-0.39, 0.29) is 63.4 Å². The van der Waals surface area contributed by atoms with Gasteiger partial charge in [-0.05, 0) is 41.4 Å². The molecule has 50 heavy (non-hydrogen) atoms. The molecule has 0 aliphatic carbocycles. The number of furan rings is 1. The molecule has 7 aromatic carbocycles. The predicted octanol–water partition coefficient (Wildman–Crippen LogP) is 11.5. The second kappa shape index (κ2) is 11.4. The van der Waals surface area contributed by atoms with E-state index in [2.05, 4.69) is 0 Å². The molecule has 0 N–H and O–H groups in total. The minimum absolute atomic E-state index is 0.00523. The molecule has 0 aliphatic rings. The lowest BCUT2D eigenvalue weighted by Crippen LogP contribution is -2.00. The van der Waals surface area contributed by atoms with Gasteiger partial charge in [0.1, 0.15) is 11.2 Å². The third-order valence-corrected chi connectivity index (χ3v) is 8.90. The van der Waals surface area contributed by atoms with Gasteiger partial charge in [0.2, 0.25) is 0 Å². The molecule has 0 bridgehead atoms. The summed E-state index contributed by atoms with van der Waals surface area (Å²) in [5.74, 6) is 0.635. The van der Waals surface area contributed by atoms with Crippen LogP contribution in [0.15, 0.2) is 174 Å². The minimum atomic E-state index is -0.480. The van der Waals surface area contributed by atoms with E-state index in [0.29, 0.717) is 39.6 Å². The van der Waals surface area contributed by atoms with Crippen molar-refractivity contribution in [3.8, 4) is 51.0 Å². The zero-order valence-corrected chi connectivity index (χ0v) is 26.3. The monoisotopic (exact) mass is 647 g/mol. The van der Waals surface area contributed by atoms with Crippen LogP contribution in [0.4, 0.5) is 0 Å². The molecular weight excluding hydrogens is 613 g/mol. The van der Waals surface area contributed by atoms with Crippen molar-refractivity contribution in [1.82, 2.24) is 19.5 Å². The first-order valence-electron chi connectivity index (χ1n) is 19.6. The number of hydrogen-bond acceptors (Lipinski definition) is 4. The fraction of sp³-hybridized carbons (Fsp3) is 0. The van der Waals surface area contributed by atoms with Crippen LogP contribution in [0.2, 0.25) is 0 Å². The van der Waals surface area contributed by atoms with Gasteiger partial charge in [-0.25, -0.2) is 15.0 Å². The maximum atomic E-state index is 9.85. The van der Waals surface area contributed by atoms with Gasteiger partial charge in [-0.1, -0.05) is 133 Å². The molecule has 0 saturated heterocycles. The summed E-state index contributed by atoms with van der Waals surface area (Å²) in [5, 5.41) is 1.84. The van der Waals surface area contributed by atoms with Crippen LogP contribution in [0.5, 0.6) is 0 Å². The normalized spacial score (nSPS) is 13.6. The first-order chi connectivity index (χ1) is 27.7. The SMILES string of the molecule is [2H]c1c([2H])c([2H])c2c(c1[2H])c1c([2H])c([2H])c(-c3nc(-c4ccccc4)nc(-c4ccccc4)n3)c([2H])c1n2-c1ccc2c(c1)oc1cccc(-c3ccccc3)c12. The summed E-state index contributed by atoms with van der Waals surface area (Å²) in [6.45, 7) is 0. The summed E-state index contributed by atoms with van der Waals surface area (Å²) in [4.78, 5) is 14.3. The summed E-state index contributed by atoms with van der Waals surface area (Å²) in [6, 6.07) is 37.4. The molecule has 3 aromatic heterocycles. The summed E-state index contributed by atoms with van der Waals surface area (Å²) in [7, 11) is 0. The number of nitrogens with zero attached hydrogens (tertiary/aromatic N) is 4. The highest BCUT2D eigenvalue weighted by Crippen LogP contribution is 2.39. The van der Waals surface area contributed by atoms with E-state index in [9.17, 15) is 4.11 Å². The minimum Gasteiger partial charge on any atom is -0.456 e. The maximum absolute atomic E-state index is 9.85. The van der Waals surface area contributed by atoms with E-state index < -0.39 is 12.1 Å². The molecule has 0 spiro atoms. The molecule has 0 atom stereocenters. The Morgan fingerprint density at radius 3 is 1.80 bits per heavy atom. The Morgan fingerprint density at radius 1 is 0.480 bits per heavy atom. The van der Waals surface area contributed by atoms with Crippen molar-refractivity contribution in [3.63, 3.8) is 0 Å². The smallest absolute Gasteiger partial charge is 0.164 e. The van der Waals surface area contributed by atoms with E-state index >= 15 is 0 Å². The van der Waals surface area contributed by atoms with Crippen LogP contribution in [0, 0.1) is 0 Å². The topological polar surface area (TPSA) is 56.7 Å². The van der Waals surface area contributed by atoms with Crippen molar-refractivity contribution >= 4 is 43.7 Å². The van der Waals surface area contributed by atoms with Crippen LogP contribution >= 0.6 is 0 Å². The molecule has 5 heteroatoms. The average molecular weight is 648 g/mol. The fourth-order valence-corrected chi connectivity index (χ4v) is 6.61. The van der Waals surface area contributed by atoms with Crippen molar-refractivity contribution in [2.24, 2.45) is 0 Å². The Hall–Kier alpha value is -6.85. The van der Waals surface area contributed by atoms with Gasteiger partial charge < -0.3 is 8.98 Å². The second-order valence-corrected chi connectivity index (χ2v) is 11.9. The van der Waals surface area contributed by atoms with Crippen molar-refractivity contribution in [3.05, 3.63) is 170 Å². The number of fused-ring (bicyclic) bond motifs is 6. The van der Waals surface area contributed by atoms with Gasteiger partial charge in [0.25, 0.3) is 0 Å². The molecule has 0 amide bonds. The molecule has 5 nitrogen and oxygen atoms in total. The van der Waals surface area contributed by atoms with Gasteiger partial charge in [-0.15, -0.1) is 0 Å². The van der Waals surface area contributed by atoms with E-state index in [0.717, 1.165) is 21.9 Å². The first-order valence-corrected chi connectivity index (χ1v) is 16.1. The summed E-state index contributed by atoms with van der Waals surface area (Å²) < 4.78 is 72.1. The number of rotatable bonds is 5. The molecule has 0 unspecified atom stereocenters. The lowest BCUT2D eigenvalue weighted by atomic mass is 9.99. The Kier molecular flexibility index (Phi) is 4.99. The van der Waals surface area contributed by atoms with Crippen LogP contribution in [-0.2, 0) is 0 Å². The Morgan fingerprint density at radius 2 is 1.10 bits per heavy atom. The second-order valence-electron chi connectivity index (χ2n) is 11.9. The molecule has 0 radical (unpaired) electrons. The molecule has 0 saturated carbocycles. The van der Waals surface area contributed by atoms with E-state index in [1.807, 2.05) is 121 Å². The Balaban J connectivity index is 1.30. The Bertz CT molecular complexity index is 3200. The van der Waals surface area contributed by atoms with Gasteiger partial charge in [0.15, 0.2) is 17.5 Å². The molecular formula is C45H28N4O. The molecule has 10 aromatic rings. The molecule has 3 heterocycles. The first kappa shape index (κ1) is 21.9.